The number of hydrogen-bond donors (Lipinski definition) is 0. The van der Waals surface area contributed by atoms with E-state index in [4.69, 9.17) is 16.0 Å². The van der Waals surface area contributed by atoms with Crippen LogP contribution in [0.1, 0.15) is 50.5 Å². The lowest BCUT2D eigenvalue weighted by Crippen LogP contribution is -2.41. The molecule has 1 aliphatic carbocycles. The van der Waals surface area contributed by atoms with E-state index < -0.39 is 0 Å². The normalized spacial score (nSPS) is 19.0. The molecule has 2 aliphatic rings. The van der Waals surface area contributed by atoms with Crippen LogP contribution in [0.5, 0.6) is 0 Å². The molecular formula is C19H21ClN6O2S. The fourth-order valence-electron chi connectivity index (χ4n) is 3.72. The summed E-state index contributed by atoms with van der Waals surface area (Å²) in [5.74, 6) is 1.08. The number of fused-ring (bicyclic) bond motifs is 1. The van der Waals surface area contributed by atoms with E-state index >= 15 is 0 Å². The lowest BCUT2D eigenvalue weighted by atomic mass is 9.96. The minimum atomic E-state index is -0.221. The fraction of sp³-hybridized carbons (Fsp3) is 0.526. The molecule has 2 fully saturated rings. The molecule has 1 unspecified atom stereocenters. The van der Waals surface area contributed by atoms with E-state index in [9.17, 15) is 4.79 Å². The van der Waals surface area contributed by atoms with Gasteiger partial charge in [0.2, 0.25) is 11.1 Å². The van der Waals surface area contributed by atoms with Crippen LogP contribution in [-0.2, 0) is 4.79 Å². The zero-order valence-corrected chi connectivity index (χ0v) is 17.6. The third kappa shape index (κ3) is 3.85. The van der Waals surface area contributed by atoms with Crippen LogP contribution in [0.15, 0.2) is 27.8 Å². The molecule has 0 spiro atoms. The van der Waals surface area contributed by atoms with E-state index in [0.717, 1.165) is 47.8 Å². The van der Waals surface area contributed by atoms with Crippen molar-refractivity contribution in [2.24, 2.45) is 0 Å². The molecule has 10 heteroatoms. The van der Waals surface area contributed by atoms with Crippen LogP contribution < -0.4 is 0 Å². The monoisotopic (exact) mass is 432 g/mol. The molecule has 1 amide bonds. The fourth-order valence-corrected chi connectivity index (χ4v) is 4.83. The van der Waals surface area contributed by atoms with E-state index in [-0.39, 0.29) is 17.1 Å². The molecule has 0 bridgehead atoms. The Morgan fingerprint density at radius 1 is 1.28 bits per heavy atom. The largest absolute Gasteiger partial charge is 0.440 e. The van der Waals surface area contributed by atoms with Crippen LogP contribution >= 0.6 is 23.4 Å². The molecule has 29 heavy (non-hydrogen) atoms. The summed E-state index contributed by atoms with van der Waals surface area (Å²) in [5.41, 5.74) is 1.53. The van der Waals surface area contributed by atoms with Gasteiger partial charge in [-0.3, -0.25) is 4.79 Å². The molecular weight excluding hydrogens is 412 g/mol. The standard InChI is InChI=1S/C19H21ClN6O2S/c1-11(29-19-22-23-24-26(19)14-3-4-14)18(27)25-8-6-12(7-9-25)17-21-15-10-13(20)2-5-16(15)28-17/h2,5,10-12,14H,3-4,6-9H2,1H3. The van der Waals surface area contributed by atoms with E-state index in [2.05, 4.69) is 20.5 Å². The summed E-state index contributed by atoms with van der Waals surface area (Å²) >= 11 is 7.48. The van der Waals surface area contributed by atoms with Crippen molar-refractivity contribution in [3.63, 3.8) is 0 Å². The Morgan fingerprint density at radius 2 is 2.07 bits per heavy atom. The van der Waals surface area contributed by atoms with Gasteiger partial charge in [-0.2, -0.15) is 0 Å². The Bertz CT molecular complexity index is 1040. The zero-order chi connectivity index (χ0) is 20.0. The first-order chi connectivity index (χ1) is 14.1. The van der Waals surface area contributed by atoms with Gasteiger partial charge in [0, 0.05) is 24.0 Å². The van der Waals surface area contributed by atoms with E-state index in [1.54, 1.807) is 6.07 Å². The topological polar surface area (TPSA) is 89.9 Å². The molecule has 1 aromatic carbocycles. The van der Waals surface area contributed by atoms with Gasteiger partial charge in [0.15, 0.2) is 11.5 Å². The van der Waals surface area contributed by atoms with Crippen molar-refractivity contribution in [3.05, 3.63) is 29.1 Å². The first-order valence-corrected chi connectivity index (χ1v) is 11.1. The zero-order valence-electron chi connectivity index (χ0n) is 16.0. The molecule has 2 aromatic heterocycles. The van der Waals surface area contributed by atoms with Crippen molar-refractivity contribution in [2.45, 2.75) is 55.0 Å². The number of aromatic nitrogens is 5. The van der Waals surface area contributed by atoms with Crippen LogP contribution in [0.2, 0.25) is 5.02 Å². The maximum Gasteiger partial charge on any atom is 0.235 e. The first-order valence-electron chi connectivity index (χ1n) is 9.88. The Kier molecular flexibility index (Phi) is 4.95. The number of thioether (sulfide) groups is 1. The Labute approximate surface area is 177 Å². The van der Waals surface area contributed by atoms with Gasteiger partial charge in [0.25, 0.3) is 0 Å². The summed E-state index contributed by atoms with van der Waals surface area (Å²) in [5, 5.41) is 13.1. The molecule has 1 aliphatic heterocycles. The van der Waals surface area contributed by atoms with Crippen molar-refractivity contribution in [2.75, 3.05) is 13.1 Å². The predicted octanol–water partition coefficient (Wildman–Crippen LogP) is 3.69. The van der Waals surface area contributed by atoms with Gasteiger partial charge in [0.1, 0.15) is 5.52 Å². The van der Waals surface area contributed by atoms with Crippen LogP contribution in [0.25, 0.3) is 11.1 Å². The summed E-state index contributed by atoms with van der Waals surface area (Å²) in [6.07, 6.45) is 3.89. The van der Waals surface area contributed by atoms with Crippen LogP contribution in [0, 0.1) is 0 Å². The number of carbonyl (C=O) groups excluding carboxylic acids is 1. The lowest BCUT2D eigenvalue weighted by Gasteiger charge is -2.32. The number of benzene rings is 1. The number of carbonyl (C=O) groups is 1. The maximum atomic E-state index is 12.9. The number of oxazole rings is 1. The second kappa shape index (κ2) is 7.60. The number of tetrazole rings is 1. The second-order valence-electron chi connectivity index (χ2n) is 7.66. The average molecular weight is 433 g/mol. The van der Waals surface area contributed by atoms with Gasteiger partial charge in [0.05, 0.1) is 11.3 Å². The summed E-state index contributed by atoms with van der Waals surface area (Å²) in [6, 6.07) is 5.87. The molecule has 152 valence electrons. The van der Waals surface area contributed by atoms with Crippen LogP contribution in [0.4, 0.5) is 0 Å². The van der Waals surface area contributed by atoms with Crippen molar-refractivity contribution in [1.82, 2.24) is 30.1 Å². The molecule has 1 saturated heterocycles. The molecule has 0 radical (unpaired) electrons. The van der Waals surface area contributed by atoms with Gasteiger partial charge in [-0.15, -0.1) is 5.10 Å². The molecule has 8 nitrogen and oxygen atoms in total. The summed E-state index contributed by atoms with van der Waals surface area (Å²) in [7, 11) is 0. The lowest BCUT2D eigenvalue weighted by molar-refractivity contribution is -0.131. The van der Waals surface area contributed by atoms with Gasteiger partial charge >= 0.3 is 0 Å². The smallest absolute Gasteiger partial charge is 0.235 e. The highest BCUT2D eigenvalue weighted by Crippen LogP contribution is 2.37. The predicted molar refractivity (Wildman–Crippen MR) is 109 cm³/mol. The SMILES string of the molecule is CC(Sc1nnnn1C1CC1)C(=O)N1CCC(c2nc3cc(Cl)ccc3o2)CC1. The number of nitrogens with zero attached hydrogens (tertiary/aromatic N) is 6. The maximum absolute atomic E-state index is 12.9. The first kappa shape index (κ1) is 18.9. The van der Waals surface area contributed by atoms with E-state index in [1.807, 2.05) is 28.6 Å². The van der Waals surface area contributed by atoms with Gasteiger partial charge in [-0.05, 0) is 61.2 Å². The summed E-state index contributed by atoms with van der Waals surface area (Å²) < 4.78 is 7.76. The highest BCUT2D eigenvalue weighted by Gasteiger charge is 2.32. The van der Waals surface area contributed by atoms with Gasteiger partial charge < -0.3 is 9.32 Å². The van der Waals surface area contributed by atoms with Crippen molar-refractivity contribution < 1.29 is 9.21 Å². The number of piperidine rings is 1. The molecule has 5 rings (SSSR count). The van der Waals surface area contributed by atoms with Crippen LogP contribution in [0.3, 0.4) is 0 Å². The number of rotatable bonds is 5. The number of likely N-dealkylation sites (tertiary alicyclic amines) is 1. The van der Waals surface area contributed by atoms with Crippen LogP contribution in [-0.4, -0.2) is 54.3 Å². The molecule has 1 saturated carbocycles. The summed E-state index contributed by atoms with van der Waals surface area (Å²) in [6.45, 7) is 3.32. The molecule has 0 N–H and O–H groups in total. The van der Waals surface area contributed by atoms with Crippen molar-refractivity contribution in [1.29, 1.82) is 0 Å². The van der Waals surface area contributed by atoms with Crippen molar-refractivity contribution >= 4 is 40.4 Å². The van der Waals surface area contributed by atoms with Gasteiger partial charge in [-0.1, -0.05) is 23.4 Å². The average Bonchev–Trinajstić information content (AvgIpc) is 3.32. The molecule has 1 atom stereocenters. The number of amides is 1. The molecule has 3 aromatic rings. The van der Waals surface area contributed by atoms with Gasteiger partial charge in [-0.25, -0.2) is 9.67 Å². The van der Waals surface area contributed by atoms with Crippen molar-refractivity contribution in [3.8, 4) is 0 Å². The quantitative estimate of drug-likeness (QED) is 0.568. The molecule has 3 heterocycles. The number of halogens is 1. The Hall–Kier alpha value is -2.13. The second-order valence-corrected chi connectivity index (χ2v) is 9.41. The Balaban J connectivity index is 1.20. The highest BCUT2D eigenvalue weighted by atomic mass is 35.5. The third-order valence-electron chi connectivity index (χ3n) is 5.51. The minimum absolute atomic E-state index is 0.128. The third-order valence-corrected chi connectivity index (χ3v) is 6.78. The van der Waals surface area contributed by atoms with E-state index in [0.29, 0.717) is 24.2 Å². The number of hydrogen-bond acceptors (Lipinski definition) is 7. The highest BCUT2D eigenvalue weighted by molar-refractivity contribution is 8.00. The summed E-state index contributed by atoms with van der Waals surface area (Å²) in [4.78, 5) is 19.4. The Morgan fingerprint density at radius 3 is 2.83 bits per heavy atom. The minimum Gasteiger partial charge on any atom is -0.440 e. The van der Waals surface area contributed by atoms with E-state index in [1.165, 1.54) is 11.8 Å².